The van der Waals surface area contributed by atoms with Gasteiger partial charge in [-0.2, -0.15) is 0 Å². The van der Waals surface area contributed by atoms with Crippen LogP contribution < -0.4 is 4.90 Å². The number of hydrogen-bond acceptors (Lipinski definition) is 6. The molecule has 1 aliphatic heterocycles. The van der Waals surface area contributed by atoms with Crippen molar-refractivity contribution in [3.05, 3.63) is 26.9 Å². The van der Waals surface area contributed by atoms with Crippen LogP contribution in [0.3, 0.4) is 0 Å². The highest BCUT2D eigenvalue weighted by molar-refractivity contribution is 9.10. The van der Waals surface area contributed by atoms with Crippen molar-refractivity contribution in [1.82, 2.24) is 9.88 Å². The van der Waals surface area contributed by atoms with Crippen molar-refractivity contribution in [3.8, 4) is 0 Å². The van der Waals surface area contributed by atoms with E-state index >= 15 is 0 Å². The van der Waals surface area contributed by atoms with E-state index in [1.54, 1.807) is 13.8 Å². The van der Waals surface area contributed by atoms with Crippen LogP contribution in [0.5, 0.6) is 0 Å². The molecule has 0 amide bonds. The lowest BCUT2D eigenvalue weighted by Crippen LogP contribution is -2.55. The molecule has 1 aromatic rings. The van der Waals surface area contributed by atoms with Crippen molar-refractivity contribution >= 4 is 27.4 Å². The molecule has 1 N–H and O–H groups in total. The Balaban J connectivity index is 2.10. The standard InChI is InChI=1S/C14H21BrN4O3/c1-10-8-17(9-14(2,3)20)4-5-18(10)13-12(15)6-11(7-16-13)19(21)22/h6-7,10,20H,4-5,8-9H2,1-3H3. The minimum absolute atomic E-state index is 0.0241. The van der Waals surface area contributed by atoms with Crippen molar-refractivity contribution in [3.63, 3.8) is 0 Å². The molecule has 0 radical (unpaired) electrons. The number of nitro groups is 1. The van der Waals surface area contributed by atoms with E-state index in [9.17, 15) is 15.2 Å². The zero-order valence-corrected chi connectivity index (χ0v) is 14.6. The molecular formula is C14H21BrN4O3. The van der Waals surface area contributed by atoms with E-state index in [1.165, 1.54) is 12.3 Å². The van der Waals surface area contributed by atoms with Gasteiger partial charge >= 0.3 is 0 Å². The Morgan fingerprint density at radius 2 is 2.23 bits per heavy atom. The molecule has 0 aromatic carbocycles. The summed E-state index contributed by atoms with van der Waals surface area (Å²) in [6, 6.07) is 1.69. The van der Waals surface area contributed by atoms with Crippen LogP contribution >= 0.6 is 15.9 Å². The number of halogens is 1. The van der Waals surface area contributed by atoms with Crippen LogP contribution in [-0.4, -0.2) is 57.7 Å². The van der Waals surface area contributed by atoms with Crippen LogP contribution in [0.4, 0.5) is 11.5 Å². The maximum atomic E-state index is 10.8. The number of pyridine rings is 1. The number of hydrogen-bond donors (Lipinski definition) is 1. The molecule has 1 fully saturated rings. The average Bonchev–Trinajstić information content (AvgIpc) is 2.37. The third kappa shape index (κ3) is 4.15. The van der Waals surface area contributed by atoms with Crippen molar-refractivity contribution in [2.24, 2.45) is 0 Å². The Labute approximate surface area is 138 Å². The SMILES string of the molecule is CC1CN(CC(C)(C)O)CCN1c1ncc([N+](=O)[O-])cc1Br. The van der Waals surface area contributed by atoms with Gasteiger partial charge in [-0.05, 0) is 36.7 Å². The van der Waals surface area contributed by atoms with E-state index in [1.807, 2.05) is 0 Å². The second kappa shape index (κ2) is 6.47. The van der Waals surface area contributed by atoms with Crippen LogP contribution in [0.2, 0.25) is 0 Å². The molecule has 0 saturated carbocycles. The monoisotopic (exact) mass is 372 g/mol. The fourth-order valence-electron chi connectivity index (χ4n) is 2.77. The molecule has 2 heterocycles. The molecule has 8 heteroatoms. The molecule has 1 atom stereocenters. The van der Waals surface area contributed by atoms with Crippen molar-refractivity contribution in [2.45, 2.75) is 32.4 Å². The largest absolute Gasteiger partial charge is 0.389 e. The number of rotatable bonds is 4. The maximum Gasteiger partial charge on any atom is 0.288 e. The Morgan fingerprint density at radius 1 is 1.55 bits per heavy atom. The van der Waals surface area contributed by atoms with Gasteiger partial charge in [0.1, 0.15) is 12.0 Å². The van der Waals surface area contributed by atoms with Crippen LogP contribution in [-0.2, 0) is 0 Å². The first kappa shape index (κ1) is 17.1. The number of aromatic nitrogens is 1. The highest BCUT2D eigenvalue weighted by Crippen LogP contribution is 2.30. The van der Waals surface area contributed by atoms with Gasteiger partial charge in [-0.1, -0.05) is 0 Å². The molecular weight excluding hydrogens is 352 g/mol. The summed E-state index contributed by atoms with van der Waals surface area (Å²) in [6.07, 6.45) is 1.29. The van der Waals surface area contributed by atoms with Crippen molar-refractivity contribution in [1.29, 1.82) is 0 Å². The topological polar surface area (TPSA) is 82.7 Å². The molecule has 22 heavy (non-hydrogen) atoms. The summed E-state index contributed by atoms with van der Waals surface area (Å²) in [7, 11) is 0. The lowest BCUT2D eigenvalue weighted by molar-refractivity contribution is -0.385. The summed E-state index contributed by atoms with van der Waals surface area (Å²) in [4.78, 5) is 18.9. The molecule has 7 nitrogen and oxygen atoms in total. The number of nitrogens with zero attached hydrogens (tertiary/aromatic N) is 4. The molecule has 1 aliphatic rings. The average molecular weight is 373 g/mol. The Hall–Kier alpha value is -1.25. The third-order valence-corrected chi connectivity index (χ3v) is 4.20. The van der Waals surface area contributed by atoms with Gasteiger partial charge in [-0.3, -0.25) is 15.0 Å². The number of anilines is 1. The van der Waals surface area contributed by atoms with Crippen LogP contribution in [0.25, 0.3) is 0 Å². The predicted molar refractivity (Wildman–Crippen MR) is 88.1 cm³/mol. The van der Waals surface area contributed by atoms with E-state index in [4.69, 9.17) is 0 Å². The lowest BCUT2D eigenvalue weighted by atomic mass is 10.1. The molecule has 1 saturated heterocycles. The minimum atomic E-state index is -0.714. The fraction of sp³-hybridized carbons (Fsp3) is 0.643. The van der Waals surface area contributed by atoms with Crippen molar-refractivity contribution in [2.75, 3.05) is 31.1 Å². The lowest BCUT2D eigenvalue weighted by Gasteiger charge is -2.42. The molecule has 0 bridgehead atoms. The van der Waals surface area contributed by atoms with Gasteiger partial charge in [0, 0.05) is 38.3 Å². The first-order valence-electron chi connectivity index (χ1n) is 7.19. The number of aliphatic hydroxyl groups is 1. The molecule has 1 unspecified atom stereocenters. The molecule has 0 spiro atoms. The van der Waals surface area contributed by atoms with Crippen LogP contribution in [0.15, 0.2) is 16.7 Å². The molecule has 2 rings (SSSR count). The number of β-amino-alcohol motifs (C(OH)–C–C–N with tert-alkyl or cyclic N) is 1. The Kier molecular flexibility index (Phi) is 5.03. The first-order valence-corrected chi connectivity index (χ1v) is 7.98. The van der Waals surface area contributed by atoms with Gasteiger partial charge in [-0.25, -0.2) is 4.98 Å². The summed E-state index contributed by atoms with van der Waals surface area (Å²) in [5.41, 5.74) is -0.738. The minimum Gasteiger partial charge on any atom is -0.389 e. The Bertz CT molecular complexity index is 562. The smallest absolute Gasteiger partial charge is 0.288 e. The molecule has 0 aliphatic carbocycles. The molecule has 122 valence electrons. The fourth-order valence-corrected chi connectivity index (χ4v) is 3.34. The summed E-state index contributed by atoms with van der Waals surface area (Å²) in [5.74, 6) is 0.723. The summed E-state index contributed by atoms with van der Waals surface area (Å²) < 4.78 is 0.629. The highest BCUT2D eigenvalue weighted by Gasteiger charge is 2.29. The Morgan fingerprint density at radius 3 is 2.73 bits per heavy atom. The van der Waals surface area contributed by atoms with Gasteiger partial charge in [0.25, 0.3) is 5.69 Å². The third-order valence-electron chi connectivity index (χ3n) is 3.61. The first-order chi connectivity index (χ1) is 10.2. The van der Waals surface area contributed by atoms with E-state index in [0.29, 0.717) is 11.0 Å². The summed E-state index contributed by atoms with van der Waals surface area (Å²) >= 11 is 3.38. The highest BCUT2D eigenvalue weighted by atomic mass is 79.9. The quantitative estimate of drug-likeness (QED) is 0.643. The zero-order chi connectivity index (χ0) is 16.5. The second-order valence-electron chi connectivity index (χ2n) is 6.35. The molecule has 1 aromatic heterocycles. The maximum absolute atomic E-state index is 10.8. The van der Waals surface area contributed by atoms with Gasteiger partial charge < -0.3 is 10.0 Å². The van der Waals surface area contributed by atoms with Gasteiger partial charge in [0.15, 0.2) is 0 Å². The van der Waals surface area contributed by atoms with Crippen molar-refractivity contribution < 1.29 is 10.0 Å². The van der Waals surface area contributed by atoms with Gasteiger partial charge in [-0.15, -0.1) is 0 Å². The predicted octanol–water partition coefficient (Wildman–Crippen LogP) is 2.03. The van der Waals surface area contributed by atoms with E-state index in [2.05, 4.69) is 37.6 Å². The van der Waals surface area contributed by atoms with Gasteiger partial charge in [0.2, 0.25) is 0 Å². The zero-order valence-electron chi connectivity index (χ0n) is 13.0. The van der Waals surface area contributed by atoms with Crippen LogP contribution in [0.1, 0.15) is 20.8 Å². The van der Waals surface area contributed by atoms with Crippen LogP contribution in [0, 0.1) is 10.1 Å². The summed E-state index contributed by atoms with van der Waals surface area (Å²) in [5, 5.41) is 20.7. The normalized spacial score (nSPS) is 20.2. The summed E-state index contributed by atoms with van der Waals surface area (Å²) in [6.45, 7) is 8.72. The second-order valence-corrected chi connectivity index (χ2v) is 7.20. The van der Waals surface area contributed by atoms with Gasteiger partial charge in [0.05, 0.1) is 15.0 Å². The number of piperazine rings is 1. The van der Waals surface area contributed by atoms with E-state index in [0.717, 1.165) is 25.5 Å². The van der Waals surface area contributed by atoms with E-state index < -0.39 is 10.5 Å². The van der Waals surface area contributed by atoms with E-state index in [-0.39, 0.29) is 11.7 Å².